The van der Waals surface area contributed by atoms with E-state index >= 15 is 0 Å². The molecule has 0 saturated carbocycles. The van der Waals surface area contributed by atoms with Crippen molar-refractivity contribution in [1.82, 2.24) is 15.1 Å². The minimum atomic E-state index is -1.00. The highest BCUT2D eigenvalue weighted by Crippen LogP contribution is 2.10. The molecule has 3 N–H and O–H groups in total. The summed E-state index contributed by atoms with van der Waals surface area (Å²) < 4.78 is 15.9. The number of carboxylic acids is 2. The Balaban J connectivity index is 4.14. The van der Waals surface area contributed by atoms with E-state index in [9.17, 15) is 24.3 Å². The molecule has 2 radical (unpaired) electrons. The van der Waals surface area contributed by atoms with Crippen molar-refractivity contribution in [2.75, 3.05) is 78.9 Å². The van der Waals surface area contributed by atoms with Gasteiger partial charge in [-0.15, -0.1) is 0 Å². The van der Waals surface area contributed by atoms with Gasteiger partial charge in [0.15, 0.2) is 7.85 Å². The summed E-state index contributed by atoms with van der Waals surface area (Å²) in [6, 6.07) is -0.826. The SMILES string of the molecule is [B]C(=O)CCOCCOCCOCCNC(=O)CCC(C(=O)O)N(CCC)CCN(CC)CC(=O)O. The molecule has 12 nitrogen and oxygen atoms in total. The maximum Gasteiger partial charge on any atom is 0.320 e. The van der Waals surface area contributed by atoms with Crippen LogP contribution in [0.15, 0.2) is 0 Å². The van der Waals surface area contributed by atoms with Crippen LogP contribution in [-0.4, -0.2) is 136 Å². The lowest BCUT2D eigenvalue weighted by atomic mass is 10.0. The molecule has 0 bridgehead atoms. The number of aliphatic carboxylic acids is 2. The minimum absolute atomic E-state index is 0.0582. The molecule has 0 rings (SSSR count). The van der Waals surface area contributed by atoms with Crippen LogP contribution in [0.1, 0.15) is 39.5 Å². The van der Waals surface area contributed by atoms with Crippen molar-refractivity contribution in [3.05, 3.63) is 0 Å². The highest BCUT2D eigenvalue weighted by atomic mass is 16.5. The van der Waals surface area contributed by atoms with E-state index in [1.807, 2.05) is 13.8 Å². The molecule has 1 amide bonds. The number of carboxylic acid groups (broad SMARTS) is 2. The first-order valence-electron chi connectivity index (χ1n) is 12.4. The van der Waals surface area contributed by atoms with E-state index in [4.69, 9.17) is 27.2 Å². The van der Waals surface area contributed by atoms with Crippen molar-refractivity contribution < 1.29 is 43.6 Å². The number of carbonyl (C=O) groups excluding carboxylic acids is 2. The Morgan fingerprint density at radius 2 is 1.47 bits per heavy atom. The summed E-state index contributed by atoms with van der Waals surface area (Å²) in [6.45, 7) is 7.93. The van der Waals surface area contributed by atoms with Crippen LogP contribution in [0.3, 0.4) is 0 Å². The molecule has 1 atom stereocenters. The van der Waals surface area contributed by atoms with E-state index in [1.54, 1.807) is 9.80 Å². The van der Waals surface area contributed by atoms with E-state index in [-0.39, 0.29) is 38.3 Å². The van der Waals surface area contributed by atoms with Crippen LogP contribution in [0, 0.1) is 0 Å². The average molecular weight is 515 g/mol. The molecule has 0 heterocycles. The van der Waals surface area contributed by atoms with Crippen LogP contribution >= 0.6 is 0 Å². The summed E-state index contributed by atoms with van der Waals surface area (Å²) in [5.41, 5.74) is -0.412. The van der Waals surface area contributed by atoms with Crippen molar-refractivity contribution in [3.63, 3.8) is 0 Å². The number of ether oxygens (including phenoxy) is 3. The molecule has 0 aromatic heterocycles. The van der Waals surface area contributed by atoms with Crippen molar-refractivity contribution in [3.8, 4) is 0 Å². The maximum absolute atomic E-state index is 12.2. The van der Waals surface area contributed by atoms with Crippen LogP contribution in [-0.2, 0) is 33.4 Å². The molecule has 0 aliphatic rings. The molecule has 206 valence electrons. The van der Waals surface area contributed by atoms with Gasteiger partial charge in [0.2, 0.25) is 5.91 Å². The van der Waals surface area contributed by atoms with Gasteiger partial charge in [0.1, 0.15) is 6.04 Å². The largest absolute Gasteiger partial charge is 0.480 e. The number of hydrogen-bond donors (Lipinski definition) is 3. The normalized spacial score (nSPS) is 12.1. The Kier molecular flexibility index (Phi) is 20.9. The zero-order chi connectivity index (χ0) is 27.2. The van der Waals surface area contributed by atoms with Crippen molar-refractivity contribution in [2.24, 2.45) is 0 Å². The van der Waals surface area contributed by atoms with Crippen molar-refractivity contribution >= 4 is 31.4 Å². The second kappa shape index (κ2) is 22.2. The molecule has 36 heavy (non-hydrogen) atoms. The van der Waals surface area contributed by atoms with E-state index in [2.05, 4.69) is 5.32 Å². The maximum atomic E-state index is 12.2. The van der Waals surface area contributed by atoms with Gasteiger partial charge >= 0.3 is 11.9 Å². The number of nitrogens with zero attached hydrogens (tertiary/aromatic N) is 2. The highest BCUT2D eigenvalue weighted by molar-refractivity contribution is 6.57. The number of rotatable bonds is 25. The lowest BCUT2D eigenvalue weighted by Gasteiger charge is -2.30. The fraction of sp³-hybridized carbons (Fsp3) is 0.826. The highest BCUT2D eigenvalue weighted by Gasteiger charge is 2.26. The Morgan fingerprint density at radius 3 is 2.00 bits per heavy atom. The molecule has 0 aromatic carbocycles. The van der Waals surface area contributed by atoms with Crippen LogP contribution in [0.4, 0.5) is 0 Å². The molecule has 0 spiro atoms. The minimum Gasteiger partial charge on any atom is -0.480 e. The van der Waals surface area contributed by atoms with Gasteiger partial charge in [-0.25, -0.2) is 0 Å². The number of amides is 1. The van der Waals surface area contributed by atoms with Gasteiger partial charge in [0, 0.05) is 32.5 Å². The quantitative estimate of drug-likeness (QED) is 0.107. The third-order valence-corrected chi connectivity index (χ3v) is 5.20. The molecular formula is C23H42BN3O9. The average Bonchev–Trinajstić information content (AvgIpc) is 2.81. The van der Waals surface area contributed by atoms with E-state index in [0.29, 0.717) is 65.8 Å². The third-order valence-electron chi connectivity index (χ3n) is 5.20. The summed E-state index contributed by atoms with van der Waals surface area (Å²) >= 11 is 0. The molecule has 0 aliphatic carbocycles. The van der Waals surface area contributed by atoms with Crippen molar-refractivity contribution in [1.29, 1.82) is 0 Å². The van der Waals surface area contributed by atoms with Crippen LogP contribution < -0.4 is 5.32 Å². The van der Waals surface area contributed by atoms with Gasteiger partial charge in [-0.2, -0.15) is 0 Å². The number of nitrogens with one attached hydrogen (secondary N) is 1. The first kappa shape index (κ1) is 33.9. The molecule has 0 fully saturated rings. The van der Waals surface area contributed by atoms with Gasteiger partial charge in [-0.1, -0.05) is 13.8 Å². The molecule has 0 aromatic rings. The molecule has 0 saturated heterocycles. The Bertz CT molecular complexity index is 640. The van der Waals surface area contributed by atoms with Crippen LogP contribution in [0.5, 0.6) is 0 Å². The molecule has 0 aliphatic heterocycles. The topological polar surface area (TPSA) is 155 Å². The molecule has 13 heteroatoms. The lowest BCUT2D eigenvalue weighted by molar-refractivity contribution is -0.144. The number of hydrogen-bond acceptors (Lipinski definition) is 9. The van der Waals surface area contributed by atoms with E-state index in [1.165, 1.54) is 0 Å². The number of likely N-dealkylation sites (N-methyl/N-ethyl adjacent to an activating group) is 1. The predicted octanol–water partition coefficient (Wildman–Crippen LogP) is -0.410. The van der Waals surface area contributed by atoms with Gasteiger partial charge in [0.25, 0.3) is 0 Å². The summed E-state index contributed by atoms with van der Waals surface area (Å²) in [5, 5.41) is 21.4. The second-order valence-corrected chi connectivity index (χ2v) is 8.09. The van der Waals surface area contributed by atoms with Crippen molar-refractivity contribution in [2.45, 2.75) is 45.6 Å². The Morgan fingerprint density at radius 1 is 0.861 bits per heavy atom. The first-order valence-corrected chi connectivity index (χ1v) is 12.4. The molecule has 1 unspecified atom stereocenters. The predicted molar refractivity (Wildman–Crippen MR) is 133 cm³/mol. The smallest absolute Gasteiger partial charge is 0.320 e. The standard InChI is InChI=1S/C23H42BN3O9/c1-3-9-27(11-10-26(4-2)18-22(30)31)19(23(32)33)5-6-21(29)25-8-13-35-15-17-36-16-14-34-12-7-20(24)28/h19H,3-18H2,1-2H3,(H,25,29)(H,30,31)(H,32,33). The summed E-state index contributed by atoms with van der Waals surface area (Å²) in [5.74, 6) is -2.18. The summed E-state index contributed by atoms with van der Waals surface area (Å²) in [7, 11) is 5.00. The monoisotopic (exact) mass is 515 g/mol. The van der Waals surface area contributed by atoms with Gasteiger partial charge in [-0.05, 0) is 25.9 Å². The zero-order valence-corrected chi connectivity index (χ0v) is 21.6. The Labute approximate surface area is 215 Å². The summed E-state index contributed by atoms with van der Waals surface area (Å²) in [4.78, 5) is 49.1. The third kappa shape index (κ3) is 19.2. The van der Waals surface area contributed by atoms with Gasteiger partial charge in [-0.3, -0.25) is 24.2 Å². The van der Waals surface area contributed by atoms with Crippen LogP contribution in [0.25, 0.3) is 0 Å². The van der Waals surface area contributed by atoms with E-state index < -0.39 is 23.7 Å². The molecular weight excluding hydrogens is 473 g/mol. The van der Waals surface area contributed by atoms with E-state index in [0.717, 1.165) is 6.42 Å². The first-order chi connectivity index (χ1) is 17.2. The van der Waals surface area contributed by atoms with Gasteiger partial charge in [0.05, 0.1) is 51.9 Å². The lowest BCUT2D eigenvalue weighted by Crippen LogP contribution is -2.46. The van der Waals surface area contributed by atoms with Gasteiger partial charge < -0.3 is 34.5 Å². The second-order valence-electron chi connectivity index (χ2n) is 8.09. The fourth-order valence-electron chi connectivity index (χ4n) is 3.32. The fourth-order valence-corrected chi connectivity index (χ4v) is 3.32. The summed E-state index contributed by atoms with van der Waals surface area (Å²) in [6.07, 6.45) is 1.13. The van der Waals surface area contributed by atoms with Crippen LogP contribution in [0.2, 0.25) is 0 Å². The Hall–Kier alpha value is -2.06. The number of carbonyl (C=O) groups is 4. The zero-order valence-electron chi connectivity index (χ0n) is 21.6.